The SMILES string of the molecule is CC(C)c1ccc(N2C(=NC(=O)CNC(=O)OC(C)(C)C)S[C@@H]3CS(=O)(=O)C[C@H]32)cc1. The highest BCUT2D eigenvalue weighted by molar-refractivity contribution is 8.16. The van der Waals surface area contributed by atoms with Gasteiger partial charge in [0, 0.05) is 10.9 Å². The Balaban J connectivity index is 1.79. The van der Waals surface area contributed by atoms with E-state index in [0.29, 0.717) is 11.1 Å². The van der Waals surface area contributed by atoms with Gasteiger partial charge in [-0.1, -0.05) is 37.7 Å². The monoisotopic (exact) mass is 467 g/mol. The van der Waals surface area contributed by atoms with E-state index < -0.39 is 27.4 Å². The van der Waals surface area contributed by atoms with Crippen LogP contribution in [-0.4, -0.2) is 60.5 Å². The molecule has 2 aliphatic rings. The predicted octanol–water partition coefficient (Wildman–Crippen LogP) is 2.94. The Morgan fingerprint density at radius 2 is 1.87 bits per heavy atom. The van der Waals surface area contributed by atoms with E-state index in [1.807, 2.05) is 29.2 Å². The summed E-state index contributed by atoms with van der Waals surface area (Å²) in [4.78, 5) is 30.2. The molecule has 2 saturated heterocycles. The van der Waals surface area contributed by atoms with Crippen molar-refractivity contribution in [2.75, 3.05) is 23.0 Å². The summed E-state index contributed by atoms with van der Waals surface area (Å²) >= 11 is 1.30. The van der Waals surface area contributed by atoms with Crippen LogP contribution < -0.4 is 10.2 Å². The van der Waals surface area contributed by atoms with Crippen molar-refractivity contribution in [3.63, 3.8) is 0 Å². The molecule has 1 aromatic rings. The summed E-state index contributed by atoms with van der Waals surface area (Å²) in [7, 11) is -3.13. The largest absolute Gasteiger partial charge is 0.444 e. The molecule has 0 unspecified atom stereocenters. The number of hydrogen-bond donors (Lipinski definition) is 1. The van der Waals surface area contributed by atoms with Crippen molar-refractivity contribution < 1.29 is 22.7 Å². The van der Waals surface area contributed by atoms with Crippen LogP contribution in [0.15, 0.2) is 29.3 Å². The number of carbonyl (C=O) groups excluding carboxylic acids is 2. The van der Waals surface area contributed by atoms with Crippen molar-refractivity contribution in [1.29, 1.82) is 0 Å². The molecule has 31 heavy (non-hydrogen) atoms. The average molecular weight is 468 g/mol. The Morgan fingerprint density at radius 3 is 2.45 bits per heavy atom. The van der Waals surface area contributed by atoms with Crippen LogP contribution in [0.4, 0.5) is 10.5 Å². The van der Waals surface area contributed by atoms with Gasteiger partial charge in [-0.2, -0.15) is 4.99 Å². The van der Waals surface area contributed by atoms with E-state index in [1.165, 1.54) is 17.3 Å². The number of anilines is 1. The molecule has 0 radical (unpaired) electrons. The molecule has 8 nitrogen and oxygen atoms in total. The zero-order chi connectivity index (χ0) is 23.0. The molecule has 0 aliphatic carbocycles. The maximum absolute atomic E-state index is 12.4. The van der Waals surface area contributed by atoms with Crippen molar-refractivity contribution in [2.45, 2.75) is 57.4 Å². The van der Waals surface area contributed by atoms with Crippen LogP contribution in [0, 0.1) is 0 Å². The molecule has 0 saturated carbocycles. The number of nitrogens with one attached hydrogen (secondary N) is 1. The lowest BCUT2D eigenvalue weighted by Gasteiger charge is -2.25. The number of sulfone groups is 1. The molecule has 0 aromatic heterocycles. The number of alkyl carbamates (subject to hydrolysis) is 1. The van der Waals surface area contributed by atoms with Crippen molar-refractivity contribution >= 4 is 44.5 Å². The molecule has 2 heterocycles. The van der Waals surface area contributed by atoms with Gasteiger partial charge in [0.2, 0.25) is 0 Å². The van der Waals surface area contributed by atoms with Gasteiger partial charge in [0.05, 0.1) is 17.5 Å². The number of thioether (sulfide) groups is 1. The number of ether oxygens (including phenoxy) is 1. The molecular weight excluding hydrogens is 438 g/mol. The maximum atomic E-state index is 12.4. The molecule has 170 valence electrons. The third-order valence-corrected chi connectivity index (χ3v) is 8.12. The van der Waals surface area contributed by atoms with Crippen molar-refractivity contribution in [3.05, 3.63) is 29.8 Å². The van der Waals surface area contributed by atoms with Crippen LogP contribution >= 0.6 is 11.8 Å². The molecule has 2 aliphatic heterocycles. The van der Waals surface area contributed by atoms with E-state index in [-0.39, 0.29) is 29.3 Å². The topological polar surface area (TPSA) is 105 Å². The zero-order valence-electron chi connectivity index (χ0n) is 18.4. The second-order valence-corrected chi connectivity index (χ2v) is 12.4. The molecular formula is C21H29N3O5S2. The third-order valence-electron chi connectivity index (χ3n) is 4.91. The molecule has 0 bridgehead atoms. The summed E-state index contributed by atoms with van der Waals surface area (Å²) in [5, 5.41) is 2.69. The van der Waals surface area contributed by atoms with Crippen molar-refractivity contribution in [1.82, 2.24) is 5.32 Å². The highest BCUT2D eigenvalue weighted by Crippen LogP contribution is 2.41. The number of hydrogen-bond acceptors (Lipinski definition) is 6. The molecule has 2 atom stereocenters. The summed E-state index contributed by atoms with van der Waals surface area (Å²) in [6, 6.07) is 7.60. The van der Waals surface area contributed by atoms with Gasteiger partial charge in [0.1, 0.15) is 12.1 Å². The minimum absolute atomic E-state index is 0.0277. The fraction of sp³-hybridized carbons (Fsp3) is 0.571. The normalized spacial score (nSPS) is 23.8. The Bertz CT molecular complexity index is 981. The fourth-order valence-corrected chi connectivity index (χ4v) is 7.43. The summed E-state index contributed by atoms with van der Waals surface area (Å²) < 4.78 is 29.5. The van der Waals surface area contributed by atoms with E-state index in [4.69, 9.17) is 4.74 Å². The van der Waals surface area contributed by atoms with Gasteiger partial charge in [-0.15, -0.1) is 0 Å². The van der Waals surface area contributed by atoms with Gasteiger partial charge in [0.15, 0.2) is 15.0 Å². The smallest absolute Gasteiger partial charge is 0.408 e. The molecule has 3 rings (SSSR count). The van der Waals surface area contributed by atoms with E-state index in [0.717, 1.165) is 5.69 Å². The number of rotatable bonds is 4. The van der Waals surface area contributed by atoms with E-state index in [1.54, 1.807) is 20.8 Å². The summed E-state index contributed by atoms with van der Waals surface area (Å²) in [5.74, 6) is -0.0676. The first-order valence-corrected chi connectivity index (χ1v) is 12.9. The van der Waals surface area contributed by atoms with E-state index >= 15 is 0 Å². The zero-order valence-corrected chi connectivity index (χ0v) is 20.0. The summed E-state index contributed by atoms with van der Waals surface area (Å²) in [6.07, 6.45) is -0.691. The molecule has 2 fully saturated rings. The van der Waals surface area contributed by atoms with E-state index in [2.05, 4.69) is 24.2 Å². The summed E-state index contributed by atoms with van der Waals surface area (Å²) in [6.45, 7) is 9.11. The number of amides is 2. The molecule has 10 heteroatoms. The number of aliphatic imine (C=N–C) groups is 1. The van der Waals surface area contributed by atoms with Crippen molar-refractivity contribution in [2.24, 2.45) is 4.99 Å². The van der Waals surface area contributed by atoms with Crippen LogP contribution in [0.3, 0.4) is 0 Å². The Morgan fingerprint density at radius 1 is 1.23 bits per heavy atom. The Kier molecular flexibility index (Phi) is 6.71. The first-order valence-electron chi connectivity index (χ1n) is 10.2. The minimum Gasteiger partial charge on any atom is -0.444 e. The predicted molar refractivity (Wildman–Crippen MR) is 124 cm³/mol. The van der Waals surface area contributed by atoms with Crippen LogP contribution in [-0.2, 0) is 19.4 Å². The van der Waals surface area contributed by atoms with Gasteiger partial charge < -0.3 is 15.0 Å². The molecule has 1 N–H and O–H groups in total. The average Bonchev–Trinajstić information content (AvgIpc) is 3.09. The lowest BCUT2D eigenvalue weighted by molar-refractivity contribution is -0.117. The lowest BCUT2D eigenvalue weighted by atomic mass is 10.0. The highest BCUT2D eigenvalue weighted by Gasteiger charge is 2.49. The van der Waals surface area contributed by atoms with Crippen LogP contribution in [0.2, 0.25) is 0 Å². The van der Waals surface area contributed by atoms with Gasteiger partial charge in [-0.05, 0) is 44.4 Å². The van der Waals surface area contributed by atoms with Gasteiger partial charge in [-0.3, -0.25) is 4.79 Å². The number of benzene rings is 1. The van der Waals surface area contributed by atoms with Crippen LogP contribution in [0.25, 0.3) is 0 Å². The maximum Gasteiger partial charge on any atom is 0.408 e. The lowest BCUT2D eigenvalue weighted by Crippen LogP contribution is -2.38. The van der Waals surface area contributed by atoms with Crippen molar-refractivity contribution in [3.8, 4) is 0 Å². The number of nitrogens with zero attached hydrogens (tertiary/aromatic N) is 2. The highest BCUT2D eigenvalue weighted by atomic mass is 32.2. The quantitative estimate of drug-likeness (QED) is 0.726. The summed E-state index contributed by atoms with van der Waals surface area (Å²) in [5.41, 5.74) is 1.30. The molecule has 0 spiro atoms. The number of amidine groups is 1. The third kappa shape index (κ3) is 6.00. The molecule has 1 aromatic carbocycles. The van der Waals surface area contributed by atoms with Gasteiger partial charge >= 0.3 is 6.09 Å². The first kappa shape index (κ1) is 23.6. The minimum atomic E-state index is -3.13. The van der Waals surface area contributed by atoms with Gasteiger partial charge in [0.25, 0.3) is 5.91 Å². The van der Waals surface area contributed by atoms with E-state index in [9.17, 15) is 18.0 Å². The number of carbonyl (C=O) groups is 2. The Labute approximate surface area is 187 Å². The molecule has 2 amide bonds. The standard InChI is InChI=1S/C21H29N3O5S2/c1-13(2)14-6-8-15(9-7-14)24-16-11-31(27,28)12-17(16)30-19(24)23-18(25)10-22-20(26)29-21(3,4)5/h6-9,13,16-17H,10-12H2,1-5H3,(H,22,26)/t16-,17-/m1/s1. The number of fused-ring (bicyclic) bond motifs is 1. The second-order valence-electron chi connectivity index (χ2n) is 9.06. The second kappa shape index (κ2) is 8.82. The first-order chi connectivity index (χ1) is 14.3. The van der Waals surface area contributed by atoms with Crippen LogP contribution in [0.5, 0.6) is 0 Å². The van der Waals surface area contributed by atoms with Gasteiger partial charge in [-0.25, -0.2) is 13.2 Å². The van der Waals surface area contributed by atoms with Crippen LogP contribution in [0.1, 0.15) is 46.1 Å². The fourth-order valence-electron chi connectivity index (χ4n) is 3.49. The Hall–Kier alpha value is -2.07.